The second-order valence-electron chi connectivity index (χ2n) is 5.74. The van der Waals surface area contributed by atoms with Crippen molar-refractivity contribution >= 4 is 28.5 Å². The molecular weight excluding hydrogens is 352 g/mol. The Morgan fingerprint density at radius 2 is 1.92 bits per heavy atom. The monoisotopic (exact) mass is 366 g/mol. The Hall–Kier alpha value is -3.12. The molecule has 26 heavy (non-hydrogen) atoms. The van der Waals surface area contributed by atoms with Crippen LogP contribution in [0.3, 0.4) is 0 Å². The molecule has 7 heteroatoms. The summed E-state index contributed by atoms with van der Waals surface area (Å²) >= 11 is 6.16. The SMILES string of the molecule is O=C(CCc1ncc(-c2ccccc2Cl)o1)Nn1cnc2ccccc21. The highest BCUT2D eigenvalue weighted by atomic mass is 35.5. The summed E-state index contributed by atoms with van der Waals surface area (Å²) in [6, 6.07) is 15.0. The number of halogens is 1. The number of carbonyl (C=O) groups is 1. The number of imidazole rings is 1. The van der Waals surface area contributed by atoms with Crippen molar-refractivity contribution in [3.63, 3.8) is 0 Å². The third kappa shape index (κ3) is 3.32. The van der Waals surface area contributed by atoms with Gasteiger partial charge in [0.25, 0.3) is 0 Å². The molecule has 0 saturated carbocycles. The zero-order valence-electron chi connectivity index (χ0n) is 13.7. The first-order chi connectivity index (χ1) is 12.7. The molecule has 0 spiro atoms. The van der Waals surface area contributed by atoms with E-state index in [0.29, 0.717) is 23.1 Å². The number of nitrogens with one attached hydrogen (secondary N) is 1. The highest BCUT2D eigenvalue weighted by Gasteiger charge is 2.12. The van der Waals surface area contributed by atoms with E-state index in [0.717, 1.165) is 16.6 Å². The fourth-order valence-electron chi connectivity index (χ4n) is 2.67. The number of para-hydroxylation sites is 2. The van der Waals surface area contributed by atoms with E-state index in [1.54, 1.807) is 23.3 Å². The number of amides is 1. The van der Waals surface area contributed by atoms with Crippen LogP contribution in [0.2, 0.25) is 5.02 Å². The van der Waals surface area contributed by atoms with E-state index in [2.05, 4.69) is 15.4 Å². The summed E-state index contributed by atoms with van der Waals surface area (Å²) in [6.45, 7) is 0. The van der Waals surface area contributed by atoms with Crippen LogP contribution in [-0.4, -0.2) is 20.6 Å². The number of rotatable bonds is 5. The second kappa shape index (κ2) is 7.01. The van der Waals surface area contributed by atoms with Gasteiger partial charge in [-0.1, -0.05) is 35.9 Å². The Morgan fingerprint density at radius 1 is 1.12 bits per heavy atom. The van der Waals surface area contributed by atoms with Crippen LogP contribution >= 0.6 is 11.6 Å². The molecule has 0 aliphatic heterocycles. The lowest BCUT2D eigenvalue weighted by Gasteiger charge is -2.06. The maximum Gasteiger partial charge on any atom is 0.239 e. The molecule has 0 aliphatic rings. The van der Waals surface area contributed by atoms with Crippen molar-refractivity contribution < 1.29 is 9.21 Å². The topological polar surface area (TPSA) is 73.0 Å². The minimum Gasteiger partial charge on any atom is -0.441 e. The molecule has 2 aromatic heterocycles. The van der Waals surface area contributed by atoms with Gasteiger partial charge in [0.15, 0.2) is 11.7 Å². The van der Waals surface area contributed by atoms with Crippen LogP contribution in [-0.2, 0) is 11.2 Å². The van der Waals surface area contributed by atoms with Gasteiger partial charge in [0, 0.05) is 18.4 Å². The van der Waals surface area contributed by atoms with Crippen molar-refractivity contribution in [2.45, 2.75) is 12.8 Å². The van der Waals surface area contributed by atoms with Gasteiger partial charge in [0.1, 0.15) is 6.33 Å². The van der Waals surface area contributed by atoms with Gasteiger partial charge in [-0.05, 0) is 24.3 Å². The van der Waals surface area contributed by atoms with Crippen molar-refractivity contribution in [2.24, 2.45) is 0 Å². The molecule has 0 saturated heterocycles. The normalized spacial score (nSPS) is 11.0. The summed E-state index contributed by atoms with van der Waals surface area (Å²) in [5, 5.41) is 0.597. The summed E-state index contributed by atoms with van der Waals surface area (Å²) in [5.41, 5.74) is 5.26. The van der Waals surface area contributed by atoms with Crippen LogP contribution in [0.1, 0.15) is 12.3 Å². The fraction of sp³-hybridized carbons (Fsp3) is 0.105. The van der Waals surface area contributed by atoms with Gasteiger partial charge >= 0.3 is 0 Å². The maximum absolute atomic E-state index is 12.2. The molecule has 4 rings (SSSR count). The van der Waals surface area contributed by atoms with Gasteiger partial charge < -0.3 is 4.42 Å². The maximum atomic E-state index is 12.2. The first kappa shape index (κ1) is 16.4. The van der Waals surface area contributed by atoms with Crippen LogP contribution in [0.5, 0.6) is 0 Å². The van der Waals surface area contributed by atoms with E-state index in [9.17, 15) is 4.79 Å². The lowest BCUT2D eigenvalue weighted by Crippen LogP contribution is -2.22. The number of benzene rings is 2. The van der Waals surface area contributed by atoms with Gasteiger partial charge in [-0.2, -0.15) is 0 Å². The predicted octanol–water partition coefficient (Wildman–Crippen LogP) is 4.05. The van der Waals surface area contributed by atoms with Crippen molar-refractivity contribution in [1.29, 1.82) is 0 Å². The first-order valence-electron chi connectivity index (χ1n) is 8.12. The number of nitrogens with zero attached hydrogens (tertiary/aromatic N) is 3. The molecule has 6 nitrogen and oxygen atoms in total. The molecule has 0 radical (unpaired) electrons. The largest absolute Gasteiger partial charge is 0.441 e. The summed E-state index contributed by atoms with van der Waals surface area (Å²) in [5.74, 6) is 0.933. The van der Waals surface area contributed by atoms with Crippen molar-refractivity contribution in [1.82, 2.24) is 14.6 Å². The van der Waals surface area contributed by atoms with Crippen molar-refractivity contribution in [2.75, 3.05) is 5.43 Å². The standard InChI is InChI=1S/C19H15ClN4O2/c20-14-6-2-1-5-13(14)17-11-21-19(26-17)10-9-18(25)23-24-12-22-15-7-3-4-8-16(15)24/h1-8,11-12H,9-10H2,(H,23,25). The molecule has 0 aliphatic carbocycles. The lowest BCUT2D eigenvalue weighted by molar-refractivity contribution is -0.117. The average Bonchev–Trinajstić information content (AvgIpc) is 3.28. The predicted molar refractivity (Wildman–Crippen MR) is 99.4 cm³/mol. The van der Waals surface area contributed by atoms with E-state index in [1.807, 2.05) is 42.5 Å². The first-order valence-corrected chi connectivity index (χ1v) is 8.50. The van der Waals surface area contributed by atoms with Crippen LogP contribution in [0.4, 0.5) is 0 Å². The molecule has 1 N–H and O–H groups in total. The van der Waals surface area contributed by atoms with Crippen LogP contribution in [0.25, 0.3) is 22.4 Å². The molecule has 0 atom stereocenters. The molecular formula is C19H15ClN4O2. The minimum absolute atomic E-state index is 0.148. The smallest absolute Gasteiger partial charge is 0.239 e. The highest BCUT2D eigenvalue weighted by molar-refractivity contribution is 6.33. The highest BCUT2D eigenvalue weighted by Crippen LogP contribution is 2.28. The third-order valence-electron chi connectivity index (χ3n) is 3.96. The summed E-state index contributed by atoms with van der Waals surface area (Å²) in [4.78, 5) is 20.7. The van der Waals surface area contributed by atoms with Gasteiger partial charge in [-0.25, -0.2) is 14.6 Å². The Bertz CT molecular complexity index is 1070. The number of aryl methyl sites for hydroxylation is 1. The summed E-state index contributed by atoms with van der Waals surface area (Å²) in [6.07, 6.45) is 3.85. The molecule has 1 amide bonds. The Kier molecular flexibility index (Phi) is 4.41. The summed E-state index contributed by atoms with van der Waals surface area (Å²) in [7, 11) is 0. The summed E-state index contributed by atoms with van der Waals surface area (Å²) < 4.78 is 7.33. The van der Waals surface area contributed by atoms with E-state index >= 15 is 0 Å². The number of aromatic nitrogens is 3. The second-order valence-corrected chi connectivity index (χ2v) is 6.14. The van der Waals surface area contributed by atoms with Gasteiger partial charge in [-0.15, -0.1) is 0 Å². The van der Waals surface area contributed by atoms with Crippen LogP contribution in [0, 0.1) is 0 Å². The van der Waals surface area contributed by atoms with Crippen molar-refractivity contribution in [3.05, 3.63) is 72.0 Å². The molecule has 130 valence electrons. The van der Waals surface area contributed by atoms with Crippen molar-refractivity contribution in [3.8, 4) is 11.3 Å². The number of fused-ring (bicyclic) bond motifs is 1. The zero-order valence-corrected chi connectivity index (χ0v) is 14.5. The third-order valence-corrected chi connectivity index (χ3v) is 4.29. The van der Waals surface area contributed by atoms with Crippen LogP contribution in [0.15, 0.2) is 65.5 Å². The fourth-order valence-corrected chi connectivity index (χ4v) is 2.90. The molecule has 2 aromatic carbocycles. The quantitative estimate of drug-likeness (QED) is 0.578. The Morgan fingerprint density at radius 3 is 2.81 bits per heavy atom. The van der Waals surface area contributed by atoms with Gasteiger partial charge in [0.2, 0.25) is 5.91 Å². The van der Waals surface area contributed by atoms with E-state index in [4.69, 9.17) is 16.0 Å². The van der Waals surface area contributed by atoms with E-state index < -0.39 is 0 Å². The number of oxazole rings is 1. The van der Waals surface area contributed by atoms with E-state index in [1.165, 1.54) is 0 Å². The molecule has 0 fully saturated rings. The van der Waals surface area contributed by atoms with Crippen LogP contribution < -0.4 is 5.43 Å². The Labute approximate surface area is 154 Å². The molecule has 0 unspecified atom stereocenters. The number of hydrogen-bond acceptors (Lipinski definition) is 4. The number of carbonyl (C=O) groups excluding carboxylic acids is 1. The minimum atomic E-state index is -0.148. The van der Waals surface area contributed by atoms with Gasteiger partial charge in [0.05, 0.1) is 22.3 Å². The van der Waals surface area contributed by atoms with E-state index in [-0.39, 0.29) is 12.3 Å². The molecule has 0 bridgehead atoms. The molecule has 2 heterocycles. The lowest BCUT2D eigenvalue weighted by atomic mass is 10.2. The average molecular weight is 367 g/mol. The van der Waals surface area contributed by atoms with Gasteiger partial charge in [-0.3, -0.25) is 10.2 Å². The molecule has 4 aromatic rings. The number of hydrogen-bond donors (Lipinski definition) is 1. The zero-order chi connectivity index (χ0) is 17.9. The Balaban J connectivity index is 1.40.